The molecule has 0 aliphatic carbocycles. The van der Waals surface area contributed by atoms with Gasteiger partial charge in [0, 0.05) is 21.2 Å². The summed E-state index contributed by atoms with van der Waals surface area (Å²) in [5.74, 6) is 0.899. The molecule has 0 spiro atoms. The topological polar surface area (TPSA) is 17.1 Å². The van der Waals surface area contributed by atoms with Crippen molar-refractivity contribution in [2.75, 3.05) is 0 Å². The molecule has 18 heavy (non-hydrogen) atoms. The molecule has 0 aliphatic heterocycles. The molecule has 0 saturated carbocycles. The SMILES string of the molecule is CC(=O)c1cccc(SCc2ccccc2Cl)c1. The Morgan fingerprint density at radius 1 is 1.17 bits per heavy atom. The van der Waals surface area contributed by atoms with Crippen molar-refractivity contribution in [1.29, 1.82) is 0 Å². The minimum absolute atomic E-state index is 0.0928. The van der Waals surface area contributed by atoms with Crippen molar-refractivity contribution in [1.82, 2.24) is 0 Å². The van der Waals surface area contributed by atoms with Gasteiger partial charge in [-0.3, -0.25) is 4.79 Å². The lowest BCUT2D eigenvalue weighted by molar-refractivity contribution is 0.101. The first-order valence-corrected chi connectivity index (χ1v) is 7.00. The van der Waals surface area contributed by atoms with Crippen LogP contribution >= 0.6 is 23.4 Å². The maximum Gasteiger partial charge on any atom is 0.159 e. The number of benzene rings is 2. The van der Waals surface area contributed by atoms with Crippen molar-refractivity contribution in [3.63, 3.8) is 0 Å². The number of hydrogen-bond acceptors (Lipinski definition) is 2. The Morgan fingerprint density at radius 2 is 1.94 bits per heavy atom. The molecule has 0 aromatic heterocycles. The van der Waals surface area contributed by atoms with Gasteiger partial charge in [0.15, 0.2) is 5.78 Å². The number of thioether (sulfide) groups is 1. The van der Waals surface area contributed by atoms with Crippen LogP contribution in [-0.2, 0) is 5.75 Å². The third-order valence-corrected chi connectivity index (χ3v) is 4.00. The molecule has 3 heteroatoms. The van der Waals surface area contributed by atoms with Crippen LogP contribution in [0, 0.1) is 0 Å². The predicted octanol–water partition coefficient (Wildman–Crippen LogP) is 4.83. The zero-order valence-electron chi connectivity index (χ0n) is 10.0. The van der Waals surface area contributed by atoms with E-state index in [1.165, 1.54) is 0 Å². The number of ketones is 1. The molecule has 2 aromatic carbocycles. The molecule has 2 aromatic rings. The fourth-order valence-corrected chi connectivity index (χ4v) is 2.82. The third kappa shape index (κ3) is 3.37. The summed E-state index contributed by atoms with van der Waals surface area (Å²) in [7, 11) is 0. The average molecular weight is 277 g/mol. The maximum absolute atomic E-state index is 11.3. The summed E-state index contributed by atoms with van der Waals surface area (Å²) >= 11 is 7.79. The average Bonchev–Trinajstić information content (AvgIpc) is 2.38. The van der Waals surface area contributed by atoms with E-state index in [0.717, 1.165) is 26.8 Å². The molecular weight excluding hydrogens is 264 g/mol. The van der Waals surface area contributed by atoms with E-state index in [1.807, 2.05) is 48.5 Å². The second kappa shape index (κ2) is 6.07. The Hall–Kier alpha value is -1.25. The van der Waals surface area contributed by atoms with Crippen LogP contribution < -0.4 is 0 Å². The van der Waals surface area contributed by atoms with Gasteiger partial charge in [-0.1, -0.05) is 41.9 Å². The molecule has 0 aliphatic rings. The number of rotatable bonds is 4. The molecule has 0 atom stereocenters. The summed E-state index contributed by atoms with van der Waals surface area (Å²) < 4.78 is 0. The molecule has 0 unspecified atom stereocenters. The Labute approximate surface area is 116 Å². The normalized spacial score (nSPS) is 10.3. The molecular formula is C15H13ClOS. The van der Waals surface area contributed by atoms with Crippen LogP contribution in [0.5, 0.6) is 0 Å². The zero-order valence-corrected chi connectivity index (χ0v) is 11.6. The first-order valence-electron chi connectivity index (χ1n) is 5.64. The van der Waals surface area contributed by atoms with Crippen molar-refractivity contribution >= 4 is 29.1 Å². The fraction of sp³-hybridized carbons (Fsp3) is 0.133. The Bertz CT molecular complexity index is 566. The van der Waals surface area contributed by atoms with Crippen molar-refractivity contribution in [2.45, 2.75) is 17.6 Å². The Morgan fingerprint density at radius 3 is 2.67 bits per heavy atom. The first-order chi connectivity index (χ1) is 8.66. The summed E-state index contributed by atoms with van der Waals surface area (Å²) in [5.41, 5.74) is 1.86. The van der Waals surface area contributed by atoms with Crippen molar-refractivity contribution in [3.05, 3.63) is 64.7 Å². The second-order valence-corrected chi connectivity index (χ2v) is 5.42. The van der Waals surface area contributed by atoms with E-state index in [-0.39, 0.29) is 5.78 Å². The zero-order chi connectivity index (χ0) is 13.0. The van der Waals surface area contributed by atoms with Crippen LogP contribution in [0.2, 0.25) is 5.02 Å². The number of Topliss-reactive ketones (excluding diaryl/α,β-unsaturated/α-hetero) is 1. The highest BCUT2D eigenvalue weighted by atomic mass is 35.5. The van der Waals surface area contributed by atoms with Gasteiger partial charge in [0.2, 0.25) is 0 Å². The molecule has 0 saturated heterocycles. The molecule has 0 radical (unpaired) electrons. The van der Waals surface area contributed by atoms with Gasteiger partial charge >= 0.3 is 0 Å². The fourth-order valence-electron chi connectivity index (χ4n) is 1.58. The highest BCUT2D eigenvalue weighted by molar-refractivity contribution is 7.98. The van der Waals surface area contributed by atoms with Gasteiger partial charge in [0.05, 0.1) is 0 Å². The number of hydrogen-bond donors (Lipinski definition) is 0. The van der Waals surface area contributed by atoms with Crippen molar-refractivity contribution in [2.24, 2.45) is 0 Å². The predicted molar refractivity (Wildman–Crippen MR) is 77.5 cm³/mol. The lowest BCUT2D eigenvalue weighted by atomic mass is 10.2. The van der Waals surface area contributed by atoms with Crippen LogP contribution in [0.3, 0.4) is 0 Å². The van der Waals surface area contributed by atoms with Crippen LogP contribution in [0.25, 0.3) is 0 Å². The lowest BCUT2D eigenvalue weighted by Crippen LogP contribution is -1.91. The first kappa shape index (κ1) is 13.2. The quantitative estimate of drug-likeness (QED) is 0.587. The number of halogens is 1. The molecule has 0 N–H and O–H groups in total. The van der Waals surface area contributed by atoms with E-state index in [0.29, 0.717) is 0 Å². The summed E-state index contributed by atoms with van der Waals surface area (Å²) in [6, 6.07) is 15.5. The van der Waals surface area contributed by atoms with Crippen LogP contribution in [0.4, 0.5) is 0 Å². The summed E-state index contributed by atoms with van der Waals surface area (Å²) in [6.07, 6.45) is 0. The van der Waals surface area contributed by atoms with E-state index < -0.39 is 0 Å². The summed E-state index contributed by atoms with van der Waals surface area (Å²) in [4.78, 5) is 12.4. The molecule has 2 rings (SSSR count). The van der Waals surface area contributed by atoms with Gasteiger partial charge < -0.3 is 0 Å². The molecule has 0 heterocycles. The van der Waals surface area contributed by atoms with Crippen LogP contribution in [0.1, 0.15) is 22.8 Å². The Kier molecular flexibility index (Phi) is 4.45. The lowest BCUT2D eigenvalue weighted by Gasteiger charge is -2.05. The van der Waals surface area contributed by atoms with Crippen molar-refractivity contribution in [3.8, 4) is 0 Å². The van der Waals surface area contributed by atoms with E-state index in [9.17, 15) is 4.79 Å². The van der Waals surface area contributed by atoms with Gasteiger partial charge in [-0.05, 0) is 30.7 Å². The van der Waals surface area contributed by atoms with Crippen LogP contribution in [0.15, 0.2) is 53.4 Å². The van der Waals surface area contributed by atoms with E-state index in [1.54, 1.807) is 18.7 Å². The maximum atomic E-state index is 11.3. The van der Waals surface area contributed by atoms with Gasteiger partial charge in [0.25, 0.3) is 0 Å². The summed E-state index contributed by atoms with van der Waals surface area (Å²) in [5, 5.41) is 0.785. The minimum atomic E-state index is 0.0928. The molecule has 0 amide bonds. The second-order valence-electron chi connectivity index (χ2n) is 3.96. The van der Waals surface area contributed by atoms with E-state index in [4.69, 9.17) is 11.6 Å². The third-order valence-electron chi connectivity index (χ3n) is 2.59. The highest BCUT2D eigenvalue weighted by Crippen LogP contribution is 2.27. The monoisotopic (exact) mass is 276 g/mol. The smallest absolute Gasteiger partial charge is 0.159 e. The van der Waals surface area contributed by atoms with E-state index in [2.05, 4.69) is 0 Å². The largest absolute Gasteiger partial charge is 0.295 e. The molecule has 1 nitrogen and oxygen atoms in total. The summed E-state index contributed by atoms with van der Waals surface area (Å²) in [6.45, 7) is 1.58. The molecule has 0 fully saturated rings. The van der Waals surface area contributed by atoms with Gasteiger partial charge in [-0.25, -0.2) is 0 Å². The van der Waals surface area contributed by atoms with E-state index >= 15 is 0 Å². The standard InChI is InChI=1S/C15H13ClOS/c1-11(17)12-6-4-7-14(9-12)18-10-13-5-2-3-8-15(13)16/h2-9H,10H2,1H3. The van der Waals surface area contributed by atoms with Gasteiger partial charge in [-0.2, -0.15) is 0 Å². The Balaban J connectivity index is 2.09. The highest BCUT2D eigenvalue weighted by Gasteiger charge is 2.03. The number of carbonyl (C=O) groups excluding carboxylic acids is 1. The molecule has 0 bridgehead atoms. The van der Waals surface area contributed by atoms with Crippen LogP contribution in [-0.4, -0.2) is 5.78 Å². The van der Waals surface area contributed by atoms with Gasteiger partial charge in [0.1, 0.15) is 0 Å². The number of carbonyl (C=O) groups is 1. The van der Waals surface area contributed by atoms with Gasteiger partial charge in [-0.15, -0.1) is 11.8 Å². The van der Waals surface area contributed by atoms with Crippen molar-refractivity contribution < 1.29 is 4.79 Å². The molecule has 92 valence electrons. The minimum Gasteiger partial charge on any atom is -0.295 e.